The highest BCUT2D eigenvalue weighted by Crippen LogP contribution is 1.73. The van der Waals surface area contributed by atoms with Crippen LogP contribution in [0, 0.1) is 0 Å². The topological polar surface area (TPSA) is 200 Å². The van der Waals surface area contributed by atoms with Crippen molar-refractivity contribution in [3.63, 3.8) is 0 Å². The van der Waals surface area contributed by atoms with Gasteiger partial charge in [-0.15, -0.1) is 4.33 Å². The molecule has 0 unspecified atom stereocenters. The van der Waals surface area contributed by atoms with Crippen molar-refractivity contribution in [2.75, 3.05) is 0 Å². The number of carbonyl (C=O) groups is 1. The second kappa shape index (κ2) is 10.2. The minimum absolute atomic E-state index is 0. The number of carboxylic acid groups (broad SMARTS) is 1. The van der Waals surface area contributed by atoms with E-state index in [1.165, 1.54) is 0 Å². The lowest BCUT2D eigenvalue weighted by Crippen LogP contribution is -2.16. The van der Waals surface area contributed by atoms with Crippen molar-refractivity contribution < 1.29 is 32.5 Å². The first kappa shape index (κ1) is 22.5. The number of hydrogen-bond donors (Lipinski definition) is 3. The molecule has 0 saturated carbocycles. The van der Waals surface area contributed by atoms with E-state index >= 15 is 0 Å². The van der Waals surface area contributed by atoms with Gasteiger partial charge >= 0.3 is 0 Å². The van der Waals surface area contributed by atoms with E-state index < -0.39 is 16.4 Å². The summed E-state index contributed by atoms with van der Waals surface area (Å²) in [6.45, 7) is 0.972. The molecule has 0 heterocycles. The number of hydrogen-bond acceptors (Lipinski definition) is 7. The molecule has 0 aliphatic rings. The van der Waals surface area contributed by atoms with Gasteiger partial charge in [0.25, 0.3) is 0 Å². The summed E-state index contributed by atoms with van der Waals surface area (Å²) < 4.78 is 29.3. The lowest BCUT2D eigenvalue weighted by molar-refractivity contribution is -0.302. The zero-order chi connectivity index (χ0) is 8.78. The van der Waals surface area contributed by atoms with Crippen LogP contribution >= 0.6 is 0 Å². The predicted molar refractivity (Wildman–Crippen MR) is 36.1 cm³/mol. The van der Waals surface area contributed by atoms with Gasteiger partial charge < -0.3 is 26.8 Å². The monoisotopic (exact) mass is 208 g/mol. The highest BCUT2D eigenvalue weighted by Gasteiger charge is 1.82. The van der Waals surface area contributed by atoms with Gasteiger partial charge in [-0.1, -0.05) is 0 Å². The number of quaternary nitrogens is 2. The molecule has 0 fully saturated rings. The average molecular weight is 208 g/mol. The van der Waals surface area contributed by atoms with E-state index in [-0.39, 0.29) is 12.3 Å². The summed E-state index contributed by atoms with van der Waals surface area (Å²) in [5.74, 6) is -1.08. The van der Waals surface area contributed by atoms with E-state index in [4.69, 9.17) is 28.1 Å². The third-order valence-electron chi connectivity index (χ3n) is 0.0913. The van der Waals surface area contributed by atoms with E-state index in [1.54, 1.807) is 0 Å². The normalized spacial score (nSPS) is 7.92. The summed E-state index contributed by atoms with van der Waals surface area (Å²) in [7, 11) is -4.86. The molecule has 0 aromatic heterocycles. The number of carboxylic acids is 1. The van der Waals surface area contributed by atoms with Crippen LogP contribution < -0.4 is 17.4 Å². The third kappa shape index (κ3) is 126. The molecule has 0 atom stereocenters. The molecule has 0 amide bonds. The molecule has 9 nitrogen and oxygen atoms in total. The van der Waals surface area contributed by atoms with Crippen LogP contribution in [0.4, 0.5) is 0 Å². The minimum Gasteiger partial charge on any atom is -0.724 e. The van der Waals surface area contributed by atoms with Crippen molar-refractivity contribution in [3.05, 3.63) is 0 Å². The van der Waals surface area contributed by atoms with Crippen LogP contribution in [0.25, 0.3) is 0 Å². The van der Waals surface area contributed by atoms with Gasteiger partial charge in [-0.2, -0.15) is 0 Å². The summed E-state index contributed by atoms with van der Waals surface area (Å²) in [5, 5.41) is 15.9. The van der Waals surface area contributed by atoms with Gasteiger partial charge in [-0.05, 0) is 6.92 Å². The quantitative estimate of drug-likeness (QED) is 0.200. The summed E-state index contributed by atoms with van der Waals surface area (Å²) in [4.78, 5) is 8.89. The first-order valence-electron chi connectivity index (χ1n) is 1.76. The standard InChI is InChI=1S/C2H4O2.2H3N.H2O5S/c1-2(3)4;;;1-5-6(2,3)4/h1H3,(H,3,4);2*1H3;1H,(H,2,3,4). The lowest BCUT2D eigenvalue weighted by atomic mass is 10.9. The van der Waals surface area contributed by atoms with Crippen molar-refractivity contribution in [2.24, 2.45) is 0 Å². The maximum Gasteiger partial charge on any atom is 0.245 e. The maximum absolute atomic E-state index is 8.97. The molecule has 10 heteroatoms. The Labute approximate surface area is 69.0 Å². The van der Waals surface area contributed by atoms with Gasteiger partial charge in [0.15, 0.2) is 0 Å². The zero-order valence-corrected chi connectivity index (χ0v) is 7.62. The van der Waals surface area contributed by atoms with E-state index in [2.05, 4.69) is 4.33 Å². The fourth-order valence-corrected chi connectivity index (χ4v) is 0. The van der Waals surface area contributed by atoms with Crippen molar-refractivity contribution >= 4 is 16.4 Å². The van der Waals surface area contributed by atoms with Crippen LogP contribution in [0.5, 0.6) is 0 Å². The molecule has 12 heavy (non-hydrogen) atoms. The van der Waals surface area contributed by atoms with Gasteiger partial charge in [-0.3, -0.25) is 0 Å². The van der Waals surface area contributed by atoms with Crippen LogP contribution in [-0.4, -0.2) is 24.2 Å². The average Bonchev–Trinajstić information content (AvgIpc) is 1.63. The van der Waals surface area contributed by atoms with E-state index in [1.807, 2.05) is 0 Å². The Morgan fingerprint density at radius 2 is 1.50 bits per heavy atom. The van der Waals surface area contributed by atoms with Crippen molar-refractivity contribution in [1.29, 1.82) is 0 Å². The van der Waals surface area contributed by atoms with E-state index in [0.717, 1.165) is 6.92 Å². The van der Waals surface area contributed by atoms with Crippen LogP contribution in [0.2, 0.25) is 0 Å². The van der Waals surface area contributed by atoms with Gasteiger partial charge in [0.05, 0.1) is 0 Å². The molecule has 0 aliphatic heterocycles. The predicted octanol–water partition coefficient (Wildman–Crippen LogP) is -1.56. The summed E-state index contributed by atoms with van der Waals surface area (Å²) >= 11 is 0. The zero-order valence-electron chi connectivity index (χ0n) is 6.80. The molecular formula is C2H12N2O7S. The summed E-state index contributed by atoms with van der Waals surface area (Å²) in [6.07, 6.45) is 0. The fourth-order valence-electron chi connectivity index (χ4n) is 0. The van der Waals surface area contributed by atoms with Gasteiger partial charge in [0, 0.05) is 5.97 Å². The van der Waals surface area contributed by atoms with E-state index in [9.17, 15) is 0 Å². The Hall–Kier alpha value is -0.780. The molecule has 0 radical (unpaired) electrons. The van der Waals surface area contributed by atoms with Crippen molar-refractivity contribution in [2.45, 2.75) is 6.92 Å². The van der Waals surface area contributed by atoms with Gasteiger partial charge in [-0.25, -0.2) is 13.7 Å². The second-order valence-corrected chi connectivity index (χ2v) is 1.94. The van der Waals surface area contributed by atoms with Crippen molar-refractivity contribution in [3.8, 4) is 0 Å². The van der Waals surface area contributed by atoms with Crippen LogP contribution in [0.15, 0.2) is 0 Å². The molecule has 0 saturated heterocycles. The first-order chi connectivity index (χ1) is 4.29. The largest absolute Gasteiger partial charge is 0.724 e. The highest BCUT2D eigenvalue weighted by molar-refractivity contribution is 7.80. The molecule has 9 N–H and O–H groups in total. The fraction of sp³-hybridized carbons (Fsp3) is 0.500. The molecule has 0 spiro atoms. The summed E-state index contributed by atoms with van der Waals surface area (Å²) in [5.41, 5.74) is 0. The summed E-state index contributed by atoms with van der Waals surface area (Å²) in [6, 6.07) is 0. The Morgan fingerprint density at radius 1 is 1.42 bits per heavy atom. The Balaban J connectivity index is -0.0000000483. The molecule has 0 rings (SSSR count). The molecule has 0 aromatic carbocycles. The Morgan fingerprint density at radius 3 is 1.50 bits per heavy atom. The lowest BCUT2D eigenvalue weighted by Gasteiger charge is -1.95. The van der Waals surface area contributed by atoms with Crippen LogP contribution in [0.1, 0.15) is 6.92 Å². The van der Waals surface area contributed by atoms with Gasteiger partial charge in [0.1, 0.15) is 0 Å². The van der Waals surface area contributed by atoms with Crippen LogP contribution in [-0.2, 0) is 19.5 Å². The number of rotatable bonds is 1. The number of aliphatic carboxylic acids is 1. The molecule has 0 aromatic rings. The molecular weight excluding hydrogens is 196 g/mol. The number of carbonyl (C=O) groups excluding carboxylic acids is 1. The Kier molecular flexibility index (Phi) is 19.1. The first-order valence-corrected chi connectivity index (χ1v) is 3.09. The SMILES string of the molecule is CC(=O)[O-].O=S(=O)([O-])OO.[NH4+].[NH4+]. The minimum atomic E-state index is -4.86. The second-order valence-electron chi connectivity index (χ2n) is 0.974. The van der Waals surface area contributed by atoms with Gasteiger partial charge in [0.2, 0.25) is 10.4 Å². The molecule has 0 bridgehead atoms. The van der Waals surface area contributed by atoms with E-state index in [0.29, 0.717) is 0 Å². The Bertz CT molecular complexity index is 182. The third-order valence-corrected chi connectivity index (χ3v) is 0.274. The molecule has 78 valence electrons. The molecule has 0 aliphatic carbocycles. The van der Waals surface area contributed by atoms with Crippen LogP contribution in [0.3, 0.4) is 0 Å². The smallest absolute Gasteiger partial charge is 0.245 e. The maximum atomic E-state index is 8.97. The van der Waals surface area contributed by atoms with Crippen molar-refractivity contribution in [1.82, 2.24) is 12.3 Å². The highest BCUT2D eigenvalue weighted by atomic mass is 32.3.